The number of carbonyl (C=O) groups is 2. The molecule has 0 amide bonds. The molecule has 1 aliphatic carbocycles. The third-order valence-electron chi connectivity index (χ3n) is 6.60. The number of aromatic nitrogens is 3. The molecule has 184 valence electrons. The van der Waals surface area contributed by atoms with Gasteiger partial charge in [0.2, 0.25) is 5.52 Å². The largest absolute Gasteiger partial charge is 0.618 e. The molecule has 0 bridgehead atoms. The van der Waals surface area contributed by atoms with Gasteiger partial charge in [-0.1, -0.05) is 39.0 Å². The van der Waals surface area contributed by atoms with Crippen molar-refractivity contribution < 1.29 is 23.1 Å². The van der Waals surface area contributed by atoms with E-state index in [0.29, 0.717) is 38.7 Å². The molecule has 4 aromatic rings. The molecule has 0 radical (unpaired) electrons. The van der Waals surface area contributed by atoms with Crippen molar-refractivity contribution in [2.75, 3.05) is 5.32 Å². The Balaban J connectivity index is 1.56. The van der Waals surface area contributed by atoms with Crippen molar-refractivity contribution in [1.82, 2.24) is 9.78 Å². The molecule has 0 aliphatic heterocycles. The van der Waals surface area contributed by atoms with E-state index in [1.165, 1.54) is 23.0 Å². The lowest BCUT2D eigenvalue weighted by atomic mass is 9.85. The van der Waals surface area contributed by atoms with Gasteiger partial charge in [0.1, 0.15) is 18.3 Å². The third kappa shape index (κ3) is 3.62. The van der Waals surface area contributed by atoms with Crippen LogP contribution in [0.5, 0.6) is 0 Å². The predicted molar refractivity (Wildman–Crippen MR) is 130 cm³/mol. The van der Waals surface area contributed by atoms with Crippen LogP contribution >= 0.6 is 0 Å². The lowest BCUT2D eigenvalue weighted by Gasteiger charge is -2.20. The lowest BCUT2D eigenvalue weighted by Crippen LogP contribution is -2.29. The summed E-state index contributed by atoms with van der Waals surface area (Å²) in [6.07, 6.45) is 1.86. The van der Waals surface area contributed by atoms with Gasteiger partial charge in [0, 0.05) is 18.2 Å². The number of hydrogen-bond donors (Lipinski definition) is 1. The zero-order chi connectivity index (χ0) is 25.8. The monoisotopic (exact) mass is 490 g/mol. The van der Waals surface area contributed by atoms with Crippen molar-refractivity contribution in [2.24, 2.45) is 0 Å². The molecule has 0 saturated heterocycles. The second-order valence-electron chi connectivity index (χ2n) is 10.0. The van der Waals surface area contributed by atoms with Gasteiger partial charge in [-0.25, -0.2) is 13.5 Å². The minimum absolute atomic E-state index is 0.0757. The van der Waals surface area contributed by atoms with Crippen molar-refractivity contribution in [3.63, 3.8) is 0 Å². The van der Waals surface area contributed by atoms with Gasteiger partial charge in [-0.15, -0.1) is 0 Å². The molecule has 1 aliphatic rings. The Morgan fingerprint density at radius 1 is 1.19 bits per heavy atom. The summed E-state index contributed by atoms with van der Waals surface area (Å²) in [5.74, 6) is -1.59. The first-order valence-corrected chi connectivity index (χ1v) is 11.5. The van der Waals surface area contributed by atoms with Crippen LogP contribution < -0.4 is 10.0 Å². The second-order valence-corrected chi connectivity index (χ2v) is 10.0. The summed E-state index contributed by atoms with van der Waals surface area (Å²) in [5.41, 5.74) is -0.285. The van der Waals surface area contributed by atoms with E-state index in [1.807, 2.05) is 20.8 Å². The average Bonchev–Trinajstić information content (AvgIpc) is 3.20. The number of aldehydes is 1. The van der Waals surface area contributed by atoms with Crippen LogP contribution in [0.4, 0.5) is 14.6 Å². The predicted octanol–water partition coefficient (Wildman–Crippen LogP) is 4.28. The standard InChI is InChI=1S/C27H24F2N4O3/c1-26(2,3)19-10-9-16(12-20(19)29)24-25(35)27(24,15-34)30-23-13-17(14-28)31-33(23)22-8-4-7-21-18(22)6-5-11-32(21)36/h4-13,15,24,30H,14H2,1-3H3. The van der Waals surface area contributed by atoms with Gasteiger partial charge < -0.3 is 15.3 Å². The van der Waals surface area contributed by atoms with Gasteiger partial charge in [-0.3, -0.25) is 4.79 Å². The summed E-state index contributed by atoms with van der Waals surface area (Å²) in [7, 11) is 0. The fraction of sp³-hybridized carbons (Fsp3) is 0.259. The summed E-state index contributed by atoms with van der Waals surface area (Å²) >= 11 is 0. The number of rotatable bonds is 6. The van der Waals surface area contributed by atoms with Crippen LogP contribution in [0.25, 0.3) is 16.6 Å². The fourth-order valence-electron chi connectivity index (χ4n) is 4.71. The molecule has 2 aromatic carbocycles. The Bertz CT molecular complexity index is 1530. The first-order valence-electron chi connectivity index (χ1n) is 11.5. The molecule has 5 rings (SSSR count). The number of ketones is 1. The summed E-state index contributed by atoms with van der Waals surface area (Å²) in [6.45, 7) is 4.78. The molecular formula is C27H24F2N4O3. The molecular weight excluding hydrogens is 466 g/mol. The van der Waals surface area contributed by atoms with E-state index in [4.69, 9.17) is 0 Å². The highest BCUT2D eigenvalue weighted by Gasteiger charge is 2.67. The molecule has 2 unspecified atom stereocenters. The molecule has 1 saturated carbocycles. The van der Waals surface area contributed by atoms with Crippen molar-refractivity contribution in [2.45, 2.75) is 44.3 Å². The van der Waals surface area contributed by atoms with Crippen LogP contribution in [0.1, 0.15) is 43.5 Å². The lowest BCUT2D eigenvalue weighted by molar-refractivity contribution is -0.577. The highest BCUT2D eigenvalue weighted by molar-refractivity contribution is 6.26. The molecule has 2 atom stereocenters. The van der Waals surface area contributed by atoms with Crippen LogP contribution in [0.15, 0.2) is 60.8 Å². The summed E-state index contributed by atoms with van der Waals surface area (Å²) in [4.78, 5) is 25.2. The maximum Gasteiger partial charge on any atom is 0.225 e. The minimum atomic E-state index is -1.65. The van der Waals surface area contributed by atoms with E-state index < -0.39 is 35.1 Å². The van der Waals surface area contributed by atoms with Crippen molar-refractivity contribution in [3.05, 3.63) is 88.6 Å². The molecule has 2 heterocycles. The quantitative estimate of drug-likeness (QED) is 0.189. The Hall–Kier alpha value is -4.14. The highest BCUT2D eigenvalue weighted by atomic mass is 19.1. The van der Waals surface area contributed by atoms with Gasteiger partial charge >= 0.3 is 0 Å². The van der Waals surface area contributed by atoms with E-state index >= 15 is 0 Å². The van der Waals surface area contributed by atoms with E-state index in [2.05, 4.69) is 10.4 Å². The Labute approximate surface area is 205 Å². The zero-order valence-corrected chi connectivity index (χ0v) is 20.0. The van der Waals surface area contributed by atoms with Crippen LogP contribution in [-0.2, 0) is 21.7 Å². The number of nitrogens with zero attached hydrogens (tertiary/aromatic N) is 3. The molecule has 1 fully saturated rings. The summed E-state index contributed by atoms with van der Waals surface area (Å²) in [6, 6.07) is 14.3. The number of fused-ring (bicyclic) bond motifs is 1. The number of halogens is 2. The molecule has 2 aromatic heterocycles. The van der Waals surface area contributed by atoms with Crippen LogP contribution in [0.2, 0.25) is 0 Å². The number of carbonyl (C=O) groups excluding carboxylic acids is 2. The smallest absolute Gasteiger partial charge is 0.225 e. The van der Waals surface area contributed by atoms with E-state index in [0.717, 1.165) is 0 Å². The van der Waals surface area contributed by atoms with E-state index in [-0.39, 0.29) is 11.5 Å². The van der Waals surface area contributed by atoms with Crippen LogP contribution in [-0.4, -0.2) is 27.4 Å². The summed E-state index contributed by atoms with van der Waals surface area (Å²) in [5, 5.41) is 20.0. The second kappa shape index (κ2) is 8.22. The average molecular weight is 491 g/mol. The van der Waals surface area contributed by atoms with Crippen LogP contribution in [0, 0.1) is 11.0 Å². The van der Waals surface area contributed by atoms with Crippen molar-refractivity contribution in [3.8, 4) is 5.69 Å². The molecule has 9 heteroatoms. The van der Waals surface area contributed by atoms with Crippen molar-refractivity contribution in [1.29, 1.82) is 0 Å². The maximum atomic E-state index is 14.9. The number of alkyl halides is 1. The van der Waals surface area contributed by atoms with Gasteiger partial charge in [-0.05, 0) is 34.7 Å². The molecule has 1 N–H and O–H groups in total. The van der Waals surface area contributed by atoms with Crippen molar-refractivity contribution >= 4 is 28.8 Å². The number of pyridine rings is 1. The first kappa shape index (κ1) is 23.6. The minimum Gasteiger partial charge on any atom is -0.618 e. The Kier molecular flexibility index (Phi) is 5.39. The third-order valence-corrected chi connectivity index (χ3v) is 6.60. The number of anilines is 1. The molecule has 7 nitrogen and oxygen atoms in total. The van der Waals surface area contributed by atoms with Gasteiger partial charge in [0.15, 0.2) is 23.8 Å². The van der Waals surface area contributed by atoms with Gasteiger partial charge in [-0.2, -0.15) is 9.83 Å². The van der Waals surface area contributed by atoms with E-state index in [1.54, 1.807) is 42.5 Å². The Morgan fingerprint density at radius 2 is 1.97 bits per heavy atom. The SMILES string of the molecule is CC(C)(C)c1ccc(C2C(=O)C2(C=O)Nc2cc(CF)nn2-c2cccc3c2ccc[n+]3[O-])cc1F. The number of nitrogens with one attached hydrogen (secondary N) is 1. The topological polar surface area (TPSA) is 90.9 Å². The molecule has 36 heavy (non-hydrogen) atoms. The maximum absolute atomic E-state index is 14.9. The fourth-order valence-corrected chi connectivity index (χ4v) is 4.71. The number of Topliss-reactive ketones (excluding diaryl/α,β-unsaturated/α-hetero) is 1. The number of benzene rings is 2. The zero-order valence-electron chi connectivity index (χ0n) is 20.0. The first-order chi connectivity index (χ1) is 17.1. The molecule has 0 spiro atoms. The highest BCUT2D eigenvalue weighted by Crippen LogP contribution is 2.49. The summed E-state index contributed by atoms with van der Waals surface area (Å²) < 4.78 is 30.5. The van der Waals surface area contributed by atoms with Crippen LogP contribution in [0.3, 0.4) is 0 Å². The number of hydrogen-bond acceptors (Lipinski definition) is 5. The van der Waals surface area contributed by atoms with E-state index in [9.17, 15) is 23.6 Å². The Morgan fingerprint density at radius 3 is 2.64 bits per heavy atom. The normalized spacial score (nSPS) is 19.5. The van der Waals surface area contributed by atoms with Gasteiger partial charge in [0.25, 0.3) is 0 Å². The van der Waals surface area contributed by atoms with Gasteiger partial charge in [0.05, 0.1) is 22.7 Å².